The predicted molar refractivity (Wildman–Crippen MR) is 93.6 cm³/mol. The summed E-state index contributed by atoms with van der Waals surface area (Å²) in [7, 11) is 3.01. The topological polar surface area (TPSA) is 108 Å². The number of methoxy groups -OCH3 is 1. The molecule has 25 heavy (non-hydrogen) atoms. The van der Waals surface area contributed by atoms with Crippen molar-refractivity contribution in [1.29, 1.82) is 0 Å². The molecule has 1 heterocycles. The Morgan fingerprint density at radius 2 is 1.92 bits per heavy atom. The average molecular weight is 346 g/mol. The first-order valence-electron chi connectivity index (χ1n) is 7.83. The SMILES string of the molecule is COC(=O)C(CCC(N)=O)Nc1c(C)n(C)n(-c2ccccc2)c1=O. The van der Waals surface area contributed by atoms with Crippen LogP contribution in [0.3, 0.4) is 0 Å². The molecule has 2 aromatic rings. The van der Waals surface area contributed by atoms with Crippen molar-refractivity contribution in [2.75, 3.05) is 12.4 Å². The number of primary amides is 1. The van der Waals surface area contributed by atoms with E-state index in [0.29, 0.717) is 11.4 Å². The highest BCUT2D eigenvalue weighted by Crippen LogP contribution is 2.16. The van der Waals surface area contributed by atoms with Crippen molar-refractivity contribution in [1.82, 2.24) is 9.36 Å². The van der Waals surface area contributed by atoms with E-state index in [0.717, 1.165) is 0 Å². The Kier molecular flexibility index (Phi) is 5.63. The number of esters is 1. The number of nitrogens with one attached hydrogen (secondary N) is 1. The second-order valence-corrected chi connectivity index (χ2v) is 5.66. The van der Waals surface area contributed by atoms with E-state index in [4.69, 9.17) is 10.5 Å². The third-order valence-corrected chi connectivity index (χ3v) is 4.04. The summed E-state index contributed by atoms with van der Waals surface area (Å²) < 4.78 is 7.95. The number of hydrogen-bond acceptors (Lipinski definition) is 5. The van der Waals surface area contributed by atoms with Crippen molar-refractivity contribution in [3.8, 4) is 5.69 Å². The molecule has 1 amide bonds. The van der Waals surface area contributed by atoms with E-state index in [-0.39, 0.29) is 24.1 Å². The Labute approximate surface area is 145 Å². The van der Waals surface area contributed by atoms with Crippen LogP contribution in [-0.2, 0) is 21.4 Å². The minimum absolute atomic E-state index is 0.00548. The largest absolute Gasteiger partial charge is 0.467 e. The van der Waals surface area contributed by atoms with Crippen LogP contribution in [0.25, 0.3) is 5.69 Å². The van der Waals surface area contributed by atoms with Crippen LogP contribution in [0.1, 0.15) is 18.5 Å². The highest BCUT2D eigenvalue weighted by atomic mass is 16.5. The molecule has 0 fully saturated rings. The molecule has 1 atom stereocenters. The molecule has 0 aliphatic rings. The van der Waals surface area contributed by atoms with Gasteiger partial charge in [-0.25, -0.2) is 9.48 Å². The lowest BCUT2D eigenvalue weighted by Gasteiger charge is -2.16. The second-order valence-electron chi connectivity index (χ2n) is 5.66. The van der Waals surface area contributed by atoms with E-state index in [1.807, 2.05) is 30.3 Å². The van der Waals surface area contributed by atoms with Gasteiger partial charge in [0.25, 0.3) is 5.56 Å². The Bertz CT molecular complexity index is 823. The molecule has 3 N–H and O–H groups in total. The van der Waals surface area contributed by atoms with Crippen molar-refractivity contribution >= 4 is 17.6 Å². The van der Waals surface area contributed by atoms with E-state index in [2.05, 4.69) is 5.32 Å². The number of aromatic nitrogens is 2. The molecular weight excluding hydrogens is 324 g/mol. The predicted octanol–water partition coefficient (Wildman–Crippen LogP) is 0.703. The molecule has 1 aromatic carbocycles. The van der Waals surface area contributed by atoms with Crippen molar-refractivity contribution in [2.45, 2.75) is 25.8 Å². The van der Waals surface area contributed by atoms with Gasteiger partial charge >= 0.3 is 5.97 Å². The lowest BCUT2D eigenvalue weighted by molar-refractivity contribution is -0.141. The number of ether oxygens (including phenoxy) is 1. The van der Waals surface area contributed by atoms with E-state index < -0.39 is 17.9 Å². The zero-order valence-electron chi connectivity index (χ0n) is 14.5. The molecule has 8 nitrogen and oxygen atoms in total. The Balaban J connectivity index is 2.40. The number of nitrogens with two attached hydrogens (primary N) is 1. The van der Waals surface area contributed by atoms with Gasteiger partial charge in [-0.3, -0.25) is 14.3 Å². The molecule has 1 aromatic heterocycles. The maximum absolute atomic E-state index is 12.8. The fraction of sp³-hybridized carbons (Fsp3) is 0.353. The molecule has 2 rings (SSSR count). The average Bonchev–Trinajstić information content (AvgIpc) is 2.81. The third kappa shape index (κ3) is 3.90. The summed E-state index contributed by atoms with van der Waals surface area (Å²) in [4.78, 5) is 35.8. The monoisotopic (exact) mass is 346 g/mol. The molecule has 1 unspecified atom stereocenters. The number of hydrogen-bond donors (Lipinski definition) is 2. The molecule has 134 valence electrons. The van der Waals surface area contributed by atoms with Crippen LogP contribution in [-0.4, -0.2) is 34.4 Å². The summed E-state index contributed by atoms with van der Waals surface area (Å²) in [6, 6.07) is 8.32. The number of para-hydroxylation sites is 1. The highest BCUT2D eigenvalue weighted by molar-refractivity contribution is 5.81. The second kappa shape index (κ2) is 7.69. The molecule has 0 radical (unpaired) electrons. The van der Waals surface area contributed by atoms with Gasteiger partial charge in [0.15, 0.2) is 0 Å². The van der Waals surface area contributed by atoms with E-state index >= 15 is 0 Å². The van der Waals surface area contributed by atoms with E-state index in [1.165, 1.54) is 11.8 Å². The fourth-order valence-electron chi connectivity index (χ4n) is 2.59. The van der Waals surface area contributed by atoms with Gasteiger partial charge in [0, 0.05) is 13.5 Å². The standard InChI is InChI=1S/C17H22N4O4/c1-11-15(19-13(17(24)25-3)9-10-14(18)22)16(23)21(20(11)2)12-7-5-4-6-8-12/h4-8,13,19H,9-10H2,1-3H3,(H2,18,22). The normalized spacial score (nSPS) is 11.8. The van der Waals surface area contributed by atoms with E-state index in [1.54, 1.807) is 18.7 Å². The number of amides is 1. The van der Waals surface area contributed by atoms with Crippen LogP contribution in [0.4, 0.5) is 5.69 Å². The molecule has 0 bridgehead atoms. The lowest BCUT2D eigenvalue weighted by Crippen LogP contribution is -2.34. The Hall–Kier alpha value is -3.03. The first kappa shape index (κ1) is 18.3. The smallest absolute Gasteiger partial charge is 0.328 e. The van der Waals surface area contributed by atoms with Gasteiger partial charge in [0.05, 0.1) is 18.5 Å². The maximum atomic E-state index is 12.8. The van der Waals surface area contributed by atoms with Gasteiger partial charge in [0.1, 0.15) is 11.7 Å². The van der Waals surface area contributed by atoms with Crippen LogP contribution in [0.2, 0.25) is 0 Å². The van der Waals surface area contributed by atoms with Gasteiger partial charge in [-0.15, -0.1) is 0 Å². The lowest BCUT2D eigenvalue weighted by atomic mass is 10.1. The molecule has 8 heteroatoms. The van der Waals surface area contributed by atoms with Crippen molar-refractivity contribution < 1.29 is 14.3 Å². The Morgan fingerprint density at radius 1 is 1.28 bits per heavy atom. The van der Waals surface area contributed by atoms with Gasteiger partial charge in [-0.1, -0.05) is 18.2 Å². The van der Waals surface area contributed by atoms with Crippen LogP contribution in [0, 0.1) is 6.92 Å². The molecule has 0 aliphatic carbocycles. The minimum Gasteiger partial charge on any atom is -0.467 e. The molecule has 0 saturated heterocycles. The van der Waals surface area contributed by atoms with Gasteiger partial charge in [-0.2, -0.15) is 0 Å². The summed E-state index contributed by atoms with van der Waals surface area (Å²) in [6.07, 6.45) is 0.145. The van der Waals surface area contributed by atoms with Crippen LogP contribution in [0.5, 0.6) is 0 Å². The molecular formula is C17H22N4O4. The Morgan fingerprint density at radius 3 is 2.48 bits per heavy atom. The molecule has 0 saturated carbocycles. The summed E-state index contributed by atoms with van der Waals surface area (Å²) in [5, 5.41) is 2.92. The summed E-state index contributed by atoms with van der Waals surface area (Å²) in [6.45, 7) is 1.77. The fourth-order valence-corrected chi connectivity index (χ4v) is 2.59. The van der Waals surface area contributed by atoms with Gasteiger partial charge in [-0.05, 0) is 25.5 Å². The van der Waals surface area contributed by atoms with Crippen molar-refractivity contribution in [3.05, 3.63) is 46.4 Å². The number of benzene rings is 1. The van der Waals surface area contributed by atoms with Crippen LogP contribution < -0.4 is 16.6 Å². The van der Waals surface area contributed by atoms with Crippen LogP contribution in [0.15, 0.2) is 35.1 Å². The zero-order valence-corrected chi connectivity index (χ0v) is 14.5. The number of carbonyl (C=O) groups is 2. The minimum atomic E-state index is -0.837. The quantitative estimate of drug-likeness (QED) is 0.718. The molecule has 0 aliphatic heterocycles. The number of nitrogens with zero attached hydrogens (tertiary/aromatic N) is 2. The number of rotatable bonds is 7. The van der Waals surface area contributed by atoms with Gasteiger partial charge in [0.2, 0.25) is 5.91 Å². The summed E-state index contributed by atoms with van der Waals surface area (Å²) in [5.41, 5.74) is 6.50. The number of carbonyl (C=O) groups excluding carboxylic acids is 2. The zero-order chi connectivity index (χ0) is 18.6. The van der Waals surface area contributed by atoms with Gasteiger partial charge < -0.3 is 15.8 Å². The third-order valence-electron chi connectivity index (χ3n) is 4.04. The molecule has 0 spiro atoms. The highest BCUT2D eigenvalue weighted by Gasteiger charge is 2.24. The van der Waals surface area contributed by atoms with Crippen molar-refractivity contribution in [2.24, 2.45) is 12.8 Å². The maximum Gasteiger partial charge on any atom is 0.328 e. The first-order valence-corrected chi connectivity index (χ1v) is 7.83. The summed E-state index contributed by atoms with van der Waals surface area (Å²) >= 11 is 0. The number of anilines is 1. The first-order chi connectivity index (χ1) is 11.9. The van der Waals surface area contributed by atoms with E-state index in [9.17, 15) is 14.4 Å². The van der Waals surface area contributed by atoms with Crippen LogP contribution >= 0.6 is 0 Å². The summed E-state index contributed by atoms with van der Waals surface area (Å²) in [5.74, 6) is -1.09. The van der Waals surface area contributed by atoms with Crippen molar-refractivity contribution in [3.63, 3.8) is 0 Å².